The highest BCUT2D eigenvalue weighted by molar-refractivity contribution is 5.98. The van der Waals surface area contributed by atoms with Gasteiger partial charge in [-0.05, 0) is 74.0 Å². The molecule has 3 aromatic rings. The maximum atomic E-state index is 13.4. The number of rotatable bonds is 3. The first-order chi connectivity index (χ1) is 18.5. The van der Waals surface area contributed by atoms with Gasteiger partial charge in [-0.3, -0.25) is 9.59 Å². The number of benzene rings is 3. The van der Waals surface area contributed by atoms with Gasteiger partial charge in [0.15, 0.2) is 5.60 Å². The van der Waals surface area contributed by atoms with Gasteiger partial charge in [-0.25, -0.2) is 0 Å². The number of nitrogens with zero attached hydrogens (tertiary/aromatic N) is 1. The van der Waals surface area contributed by atoms with E-state index in [1.807, 2.05) is 43.3 Å². The van der Waals surface area contributed by atoms with Gasteiger partial charge in [0.1, 0.15) is 17.5 Å². The van der Waals surface area contributed by atoms with E-state index in [1.54, 1.807) is 4.90 Å². The van der Waals surface area contributed by atoms with E-state index in [9.17, 15) is 9.59 Å². The topological polar surface area (TPSA) is 79.9 Å². The van der Waals surface area contributed by atoms with Crippen molar-refractivity contribution < 1.29 is 19.1 Å². The summed E-state index contributed by atoms with van der Waals surface area (Å²) in [6.07, 6.45) is 3.33. The van der Waals surface area contributed by atoms with Crippen LogP contribution in [0.2, 0.25) is 0 Å². The predicted octanol–water partition coefficient (Wildman–Crippen LogP) is 4.60. The van der Waals surface area contributed by atoms with Gasteiger partial charge in [-0.2, -0.15) is 0 Å². The summed E-state index contributed by atoms with van der Waals surface area (Å²) in [6, 6.07) is 19.7. The molecule has 2 saturated heterocycles. The van der Waals surface area contributed by atoms with Crippen molar-refractivity contribution >= 4 is 17.5 Å². The first-order valence-electron chi connectivity index (χ1n) is 13.6. The molecule has 0 radical (unpaired) electrons. The molecule has 2 unspecified atom stereocenters. The highest BCUT2D eigenvalue weighted by atomic mass is 16.5. The van der Waals surface area contributed by atoms with Crippen molar-refractivity contribution in [3.8, 4) is 11.5 Å². The summed E-state index contributed by atoms with van der Waals surface area (Å²) in [5.41, 5.74) is 5.16. The fraction of sp³-hybridized carbons (Fsp3) is 0.355. The Hall–Kier alpha value is -3.68. The van der Waals surface area contributed by atoms with Gasteiger partial charge in [-0.1, -0.05) is 36.4 Å². The number of carbonyl (C=O) groups excluding carboxylic acids is 2. The largest absolute Gasteiger partial charge is 0.456 e. The van der Waals surface area contributed by atoms with Gasteiger partial charge < -0.3 is 25.0 Å². The average molecular weight is 510 g/mol. The van der Waals surface area contributed by atoms with Gasteiger partial charge in [0.25, 0.3) is 0 Å². The van der Waals surface area contributed by atoms with Gasteiger partial charge in [0.05, 0.1) is 12.6 Å². The molecular weight excluding hydrogens is 478 g/mol. The van der Waals surface area contributed by atoms with Gasteiger partial charge in [0.2, 0.25) is 11.8 Å². The Kier molecular flexibility index (Phi) is 5.53. The van der Waals surface area contributed by atoms with E-state index in [4.69, 9.17) is 9.47 Å². The van der Waals surface area contributed by atoms with Crippen molar-refractivity contribution in [1.82, 2.24) is 10.2 Å². The SMILES string of the molecule is Cc1ccc2c(c1)Oc1cc(NC(=O)[C@@H]3CCCN3C(=O)C3CCCN3)ccc1C21OCc2ccccc21. The van der Waals surface area contributed by atoms with Crippen LogP contribution in [0.3, 0.4) is 0 Å². The maximum Gasteiger partial charge on any atom is 0.247 e. The molecule has 0 aromatic heterocycles. The standard InChI is InChI=1S/C31H31N3O4/c1-19-10-12-23-27(16-19)38-28-17-21(11-13-24(28)31(23)22-7-3-2-6-20(22)18-37-31)33-29(35)26-9-5-15-34(26)30(36)25-8-4-14-32-25/h2-3,6-7,10-13,16-17,25-26,32H,4-5,8-9,14-15,18H2,1H3,(H,33,35)/t25?,26-,31?/m0/s1. The molecule has 194 valence electrons. The van der Waals surface area contributed by atoms with Gasteiger partial charge >= 0.3 is 0 Å². The third-order valence-electron chi connectivity index (χ3n) is 8.40. The lowest BCUT2D eigenvalue weighted by atomic mass is 9.77. The normalized spacial score (nSPS) is 25.0. The lowest BCUT2D eigenvalue weighted by Crippen LogP contribution is -2.49. The van der Waals surface area contributed by atoms with E-state index in [0.717, 1.165) is 59.4 Å². The number of fused-ring (bicyclic) bond motifs is 6. The zero-order valence-electron chi connectivity index (χ0n) is 21.5. The first kappa shape index (κ1) is 23.4. The summed E-state index contributed by atoms with van der Waals surface area (Å²) >= 11 is 0. The highest BCUT2D eigenvalue weighted by Gasteiger charge is 2.49. The lowest BCUT2D eigenvalue weighted by molar-refractivity contribution is -0.138. The van der Waals surface area contributed by atoms with Crippen LogP contribution in [0.1, 0.15) is 53.5 Å². The van der Waals surface area contributed by atoms with Gasteiger partial charge in [0, 0.05) is 29.4 Å². The van der Waals surface area contributed by atoms with E-state index < -0.39 is 11.6 Å². The van der Waals surface area contributed by atoms with Crippen LogP contribution < -0.4 is 15.4 Å². The molecule has 0 saturated carbocycles. The molecule has 2 fully saturated rings. The first-order valence-corrected chi connectivity index (χ1v) is 13.6. The number of nitrogens with one attached hydrogen (secondary N) is 2. The minimum absolute atomic E-state index is 0.0416. The van der Waals surface area contributed by atoms with Crippen molar-refractivity contribution in [1.29, 1.82) is 0 Å². The Morgan fingerprint density at radius 1 is 0.974 bits per heavy atom. The zero-order chi connectivity index (χ0) is 25.9. The number of amides is 2. The van der Waals surface area contributed by atoms with Crippen LogP contribution >= 0.6 is 0 Å². The fourth-order valence-electron chi connectivity index (χ4n) is 6.57. The van der Waals surface area contributed by atoms with Crippen LogP contribution in [0, 0.1) is 6.92 Å². The Morgan fingerprint density at radius 2 is 1.79 bits per heavy atom. The van der Waals surface area contributed by atoms with Crippen molar-refractivity contribution in [2.75, 3.05) is 18.4 Å². The van der Waals surface area contributed by atoms with E-state index in [2.05, 4.69) is 34.9 Å². The summed E-state index contributed by atoms with van der Waals surface area (Å²) < 4.78 is 13.0. The third kappa shape index (κ3) is 3.56. The summed E-state index contributed by atoms with van der Waals surface area (Å²) in [5.74, 6) is 1.30. The Bertz CT molecular complexity index is 1450. The molecule has 4 heterocycles. The Morgan fingerprint density at radius 3 is 2.63 bits per heavy atom. The molecular formula is C31H31N3O4. The molecule has 7 heteroatoms. The summed E-state index contributed by atoms with van der Waals surface area (Å²) in [7, 11) is 0. The molecule has 7 rings (SSSR count). The maximum absolute atomic E-state index is 13.4. The second-order valence-electron chi connectivity index (χ2n) is 10.8. The minimum atomic E-state index is -0.765. The van der Waals surface area contributed by atoms with E-state index in [0.29, 0.717) is 31.0 Å². The van der Waals surface area contributed by atoms with Crippen LogP contribution in [0.4, 0.5) is 5.69 Å². The second-order valence-corrected chi connectivity index (χ2v) is 10.8. The van der Waals surface area contributed by atoms with Crippen molar-refractivity contribution in [2.45, 2.75) is 56.9 Å². The fourth-order valence-corrected chi connectivity index (χ4v) is 6.57. The number of ether oxygens (including phenoxy) is 2. The number of anilines is 1. The number of carbonyl (C=O) groups is 2. The molecule has 0 aliphatic carbocycles. The van der Waals surface area contributed by atoms with E-state index in [1.165, 1.54) is 0 Å². The monoisotopic (exact) mass is 509 g/mol. The van der Waals surface area contributed by atoms with Crippen LogP contribution in [0.15, 0.2) is 60.7 Å². The van der Waals surface area contributed by atoms with Crippen molar-refractivity contribution in [2.24, 2.45) is 0 Å². The predicted molar refractivity (Wildman–Crippen MR) is 143 cm³/mol. The molecule has 7 nitrogen and oxygen atoms in total. The van der Waals surface area contributed by atoms with Crippen molar-refractivity contribution in [3.63, 3.8) is 0 Å². The summed E-state index contributed by atoms with van der Waals surface area (Å²) in [4.78, 5) is 28.2. The Balaban J connectivity index is 1.21. The van der Waals surface area contributed by atoms with E-state index >= 15 is 0 Å². The number of hydrogen-bond acceptors (Lipinski definition) is 5. The van der Waals surface area contributed by atoms with Crippen LogP contribution in [0.25, 0.3) is 0 Å². The second kappa shape index (κ2) is 8.96. The molecule has 3 aromatic carbocycles. The minimum Gasteiger partial charge on any atom is -0.456 e. The van der Waals surface area contributed by atoms with Crippen LogP contribution in [-0.4, -0.2) is 41.9 Å². The molecule has 4 aliphatic heterocycles. The quantitative estimate of drug-likeness (QED) is 0.539. The molecule has 0 bridgehead atoms. The zero-order valence-corrected chi connectivity index (χ0v) is 21.5. The molecule has 2 amide bonds. The number of hydrogen-bond donors (Lipinski definition) is 2. The highest BCUT2D eigenvalue weighted by Crippen LogP contribution is 2.56. The van der Waals surface area contributed by atoms with Crippen LogP contribution in [-0.2, 0) is 26.5 Å². The molecule has 3 atom stereocenters. The molecule has 38 heavy (non-hydrogen) atoms. The molecule has 1 spiro atoms. The Labute approximate surface area is 222 Å². The lowest BCUT2D eigenvalue weighted by Gasteiger charge is -2.37. The van der Waals surface area contributed by atoms with Crippen LogP contribution in [0.5, 0.6) is 11.5 Å². The smallest absolute Gasteiger partial charge is 0.247 e. The number of aryl methyl sites for hydroxylation is 1. The number of likely N-dealkylation sites (tertiary alicyclic amines) is 1. The molecule has 2 N–H and O–H groups in total. The molecule has 4 aliphatic rings. The summed E-state index contributed by atoms with van der Waals surface area (Å²) in [6.45, 7) is 4.04. The van der Waals surface area contributed by atoms with Gasteiger partial charge in [-0.15, -0.1) is 0 Å². The van der Waals surface area contributed by atoms with Crippen molar-refractivity contribution in [3.05, 3.63) is 88.5 Å². The average Bonchev–Trinajstić information content (AvgIpc) is 3.69. The summed E-state index contributed by atoms with van der Waals surface area (Å²) in [5, 5.41) is 6.34. The van der Waals surface area contributed by atoms with E-state index in [-0.39, 0.29) is 17.9 Å². The third-order valence-corrected chi connectivity index (χ3v) is 8.40.